The van der Waals surface area contributed by atoms with Crippen molar-refractivity contribution in [3.05, 3.63) is 89.8 Å². The van der Waals surface area contributed by atoms with Crippen LogP contribution in [0.15, 0.2) is 61.2 Å². The predicted molar refractivity (Wildman–Crippen MR) is 130 cm³/mol. The summed E-state index contributed by atoms with van der Waals surface area (Å²) in [4.78, 5) is 9.94. The largest absolute Gasteiger partial charge is 0.381 e. The van der Waals surface area contributed by atoms with Crippen molar-refractivity contribution >= 4 is 0 Å². The first-order valence-corrected chi connectivity index (χ1v) is 12.2. The maximum Gasteiger partial charge on any atom is 0.176 e. The van der Waals surface area contributed by atoms with Crippen LogP contribution in [0.4, 0.5) is 8.78 Å². The third kappa shape index (κ3) is 6.40. The minimum Gasteiger partial charge on any atom is -0.381 e. The fourth-order valence-corrected chi connectivity index (χ4v) is 4.62. The van der Waals surface area contributed by atoms with E-state index in [0.29, 0.717) is 12.2 Å². The average Bonchev–Trinajstić information content (AvgIpc) is 3.56. The second-order valence-corrected chi connectivity index (χ2v) is 9.34. The molecule has 37 heavy (non-hydrogen) atoms. The molecular formula is C25H29F2N9O. The Kier molecular flexibility index (Phi) is 7.58. The number of halogens is 2. The number of hydrogen-bond acceptors (Lipinski definition) is 8. The normalized spacial score (nSPS) is 16.6. The predicted octanol–water partition coefficient (Wildman–Crippen LogP) is 1.49. The van der Waals surface area contributed by atoms with Gasteiger partial charge < -0.3 is 10.0 Å². The molecule has 1 unspecified atom stereocenters. The molecule has 1 atom stereocenters. The molecule has 2 aromatic carbocycles. The molecule has 12 heteroatoms. The molecule has 1 N–H and O–H groups in total. The summed E-state index contributed by atoms with van der Waals surface area (Å²) in [7, 11) is 0. The highest BCUT2D eigenvalue weighted by atomic mass is 19.1. The van der Waals surface area contributed by atoms with Crippen LogP contribution in [-0.2, 0) is 31.7 Å². The lowest BCUT2D eigenvalue weighted by Crippen LogP contribution is -2.46. The summed E-state index contributed by atoms with van der Waals surface area (Å²) < 4.78 is 29.5. The lowest BCUT2D eigenvalue weighted by atomic mass is 9.93. The van der Waals surface area contributed by atoms with Crippen LogP contribution in [-0.4, -0.2) is 82.6 Å². The van der Waals surface area contributed by atoms with Crippen molar-refractivity contribution in [3.63, 3.8) is 0 Å². The van der Waals surface area contributed by atoms with Crippen LogP contribution < -0.4 is 0 Å². The van der Waals surface area contributed by atoms with E-state index in [9.17, 15) is 13.9 Å². The molecule has 0 spiro atoms. The van der Waals surface area contributed by atoms with E-state index in [2.05, 4.69) is 59.6 Å². The van der Waals surface area contributed by atoms with E-state index in [1.165, 1.54) is 33.8 Å². The first kappa shape index (κ1) is 25.1. The molecule has 0 radical (unpaired) electrons. The monoisotopic (exact) mass is 509 g/mol. The fraction of sp³-hybridized carbons (Fsp3) is 0.400. The molecule has 4 aromatic rings. The molecule has 10 nitrogen and oxygen atoms in total. The van der Waals surface area contributed by atoms with E-state index in [-0.39, 0.29) is 18.7 Å². The number of tetrazole rings is 1. The van der Waals surface area contributed by atoms with E-state index in [0.717, 1.165) is 51.4 Å². The molecule has 0 amide bonds. The van der Waals surface area contributed by atoms with Crippen LogP contribution in [0.5, 0.6) is 0 Å². The van der Waals surface area contributed by atoms with Gasteiger partial charge in [0.15, 0.2) is 5.82 Å². The van der Waals surface area contributed by atoms with Gasteiger partial charge in [0.25, 0.3) is 0 Å². The fourth-order valence-electron chi connectivity index (χ4n) is 4.62. The van der Waals surface area contributed by atoms with E-state index in [4.69, 9.17) is 0 Å². The zero-order chi connectivity index (χ0) is 25.7. The van der Waals surface area contributed by atoms with Crippen LogP contribution in [0, 0.1) is 11.6 Å². The van der Waals surface area contributed by atoms with Crippen molar-refractivity contribution in [2.75, 3.05) is 32.7 Å². The van der Waals surface area contributed by atoms with Crippen LogP contribution in [0.2, 0.25) is 0 Å². The minimum absolute atomic E-state index is 0.0865. The standard InChI is InChI=1S/C25H29F2N9O/c26-21-6-7-22(23(27)14-21)25(37,16-35-19-28-18-29-35)17-36-31-24(30-32-36)8-9-33-10-12-34(13-11-33)15-20-4-2-1-3-5-20/h1-7,14,18-19,37H,8-13,15-17H2. The van der Waals surface area contributed by atoms with Crippen LogP contribution in [0.25, 0.3) is 0 Å². The minimum atomic E-state index is -1.81. The van der Waals surface area contributed by atoms with Gasteiger partial charge in [0.1, 0.15) is 29.9 Å². The van der Waals surface area contributed by atoms with Crippen LogP contribution in [0.1, 0.15) is 17.0 Å². The Hall–Kier alpha value is -3.61. The summed E-state index contributed by atoms with van der Waals surface area (Å²) in [5.41, 5.74) is -0.573. The van der Waals surface area contributed by atoms with E-state index in [1.54, 1.807) is 0 Å². The zero-order valence-corrected chi connectivity index (χ0v) is 20.4. The van der Waals surface area contributed by atoms with Gasteiger partial charge in [-0.15, -0.1) is 10.2 Å². The Morgan fingerprint density at radius 2 is 1.73 bits per heavy atom. The molecule has 2 aromatic heterocycles. The first-order chi connectivity index (χ1) is 18.0. The lowest BCUT2D eigenvalue weighted by molar-refractivity contribution is -0.0125. The Morgan fingerprint density at radius 1 is 0.946 bits per heavy atom. The maximum atomic E-state index is 14.6. The zero-order valence-electron chi connectivity index (χ0n) is 20.4. The molecule has 194 valence electrons. The number of aliphatic hydroxyl groups is 1. The highest BCUT2D eigenvalue weighted by molar-refractivity contribution is 5.25. The molecule has 0 aliphatic carbocycles. The van der Waals surface area contributed by atoms with Crippen molar-refractivity contribution < 1.29 is 13.9 Å². The molecule has 1 fully saturated rings. The topological polar surface area (TPSA) is 101 Å². The first-order valence-electron chi connectivity index (χ1n) is 12.2. The number of hydrogen-bond donors (Lipinski definition) is 1. The highest BCUT2D eigenvalue weighted by Crippen LogP contribution is 2.28. The Morgan fingerprint density at radius 3 is 2.46 bits per heavy atom. The quantitative estimate of drug-likeness (QED) is 0.343. The summed E-state index contributed by atoms with van der Waals surface area (Å²) in [6, 6.07) is 13.5. The van der Waals surface area contributed by atoms with Crippen molar-refractivity contribution in [2.24, 2.45) is 0 Å². The Labute approximate surface area is 213 Å². The Balaban J connectivity index is 1.18. The lowest BCUT2D eigenvalue weighted by Gasteiger charge is -2.34. The van der Waals surface area contributed by atoms with E-state index in [1.807, 2.05) is 6.07 Å². The molecule has 5 rings (SSSR count). The average molecular weight is 510 g/mol. The van der Waals surface area contributed by atoms with Gasteiger partial charge in [0.05, 0.1) is 13.1 Å². The second-order valence-electron chi connectivity index (χ2n) is 9.34. The maximum absolute atomic E-state index is 14.6. The van der Waals surface area contributed by atoms with E-state index >= 15 is 0 Å². The molecule has 1 saturated heterocycles. The second kappa shape index (κ2) is 11.2. The van der Waals surface area contributed by atoms with Crippen molar-refractivity contribution in [3.8, 4) is 0 Å². The smallest absolute Gasteiger partial charge is 0.176 e. The van der Waals surface area contributed by atoms with Gasteiger partial charge in [-0.05, 0) is 16.8 Å². The van der Waals surface area contributed by atoms with Gasteiger partial charge in [-0.3, -0.25) is 4.90 Å². The van der Waals surface area contributed by atoms with Gasteiger partial charge in [-0.2, -0.15) is 9.90 Å². The van der Waals surface area contributed by atoms with E-state index < -0.39 is 17.2 Å². The number of rotatable bonds is 10. The van der Waals surface area contributed by atoms with Gasteiger partial charge in [0.2, 0.25) is 0 Å². The summed E-state index contributed by atoms with van der Waals surface area (Å²) in [5.74, 6) is -1.06. The third-order valence-electron chi connectivity index (χ3n) is 6.59. The summed E-state index contributed by atoms with van der Waals surface area (Å²) in [6.07, 6.45) is 3.33. The summed E-state index contributed by atoms with van der Waals surface area (Å²) in [6.45, 7) is 5.34. The van der Waals surface area contributed by atoms with Gasteiger partial charge in [-0.25, -0.2) is 18.4 Å². The summed E-state index contributed by atoms with van der Waals surface area (Å²) in [5, 5.41) is 28.1. The molecule has 1 aliphatic heterocycles. The molecule has 1 aliphatic rings. The highest BCUT2D eigenvalue weighted by Gasteiger charge is 2.35. The number of aromatic nitrogens is 7. The third-order valence-corrected chi connectivity index (χ3v) is 6.59. The SMILES string of the molecule is OC(Cn1cncn1)(Cn1nnc(CCN2CCN(Cc3ccccc3)CC2)n1)c1ccc(F)cc1F. The molecule has 3 heterocycles. The molecule has 0 saturated carbocycles. The van der Waals surface area contributed by atoms with Crippen molar-refractivity contribution in [2.45, 2.75) is 31.7 Å². The van der Waals surface area contributed by atoms with Gasteiger partial charge in [0, 0.05) is 57.3 Å². The number of nitrogens with zero attached hydrogens (tertiary/aromatic N) is 9. The van der Waals surface area contributed by atoms with Crippen LogP contribution >= 0.6 is 0 Å². The summed E-state index contributed by atoms with van der Waals surface area (Å²) >= 11 is 0. The van der Waals surface area contributed by atoms with Crippen LogP contribution in [0.3, 0.4) is 0 Å². The van der Waals surface area contributed by atoms with Crippen molar-refractivity contribution in [1.82, 2.24) is 44.8 Å². The molecule has 0 bridgehead atoms. The number of piperazine rings is 1. The van der Waals surface area contributed by atoms with Gasteiger partial charge >= 0.3 is 0 Å². The van der Waals surface area contributed by atoms with Crippen molar-refractivity contribution in [1.29, 1.82) is 0 Å². The number of benzene rings is 2. The Bertz CT molecular complexity index is 1280. The van der Waals surface area contributed by atoms with Gasteiger partial charge in [-0.1, -0.05) is 36.4 Å². The molecular weight excluding hydrogens is 480 g/mol.